The summed E-state index contributed by atoms with van der Waals surface area (Å²) in [5, 5.41) is 0. The molecule has 0 amide bonds. The molecule has 0 spiro atoms. The molecule has 1 aromatic heterocycles. The van der Waals surface area contributed by atoms with E-state index in [2.05, 4.69) is 34.8 Å². The number of nitrogens with zero attached hydrogens (tertiary/aromatic N) is 1. The van der Waals surface area contributed by atoms with Gasteiger partial charge >= 0.3 is 0 Å². The quantitative estimate of drug-likeness (QED) is 0.794. The van der Waals surface area contributed by atoms with E-state index in [1.807, 2.05) is 6.07 Å². The molecule has 0 aliphatic carbocycles. The average Bonchev–Trinajstić information content (AvgIpc) is 2.03. The molecule has 0 atom stereocenters. The van der Waals surface area contributed by atoms with Crippen molar-refractivity contribution in [2.75, 3.05) is 6.61 Å². The first kappa shape index (κ1) is 9.52. The Bertz CT molecular complexity index is 263. The topological polar surface area (TPSA) is 22.1 Å². The van der Waals surface area contributed by atoms with Crippen molar-refractivity contribution in [3.8, 4) is 5.88 Å². The van der Waals surface area contributed by atoms with Gasteiger partial charge in [-0.2, -0.15) is 0 Å². The Labute approximate surface area is 81.1 Å². The van der Waals surface area contributed by atoms with E-state index in [-0.39, 0.29) is 0 Å². The zero-order valence-electron chi connectivity index (χ0n) is 7.01. The van der Waals surface area contributed by atoms with Crippen LogP contribution in [0.5, 0.6) is 5.88 Å². The summed E-state index contributed by atoms with van der Waals surface area (Å²) in [4.78, 5) is 4.08. The molecule has 65 valence electrons. The molecule has 0 aliphatic heterocycles. The van der Waals surface area contributed by atoms with Gasteiger partial charge in [0.2, 0.25) is 5.88 Å². The van der Waals surface area contributed by atoms with Crippen molar-refractivity contribution in [3.05, 3.63) is 29.2 Å². The number of hydrogen-bond acceptors (Lipinski definition) is 2. The Morgan fingerprint density at radius 1 is 1.67 bits per heavy atom. The number of ether oxygens (including phenoxy) is 1. The zero-order chi connectivity index (χ0) is 8.97. The number of hydrogen-bond donors (Lipinski definition) is 0. The summed E-state index contributed by atoms with van der Waals surface area (Å²) in [5.41, 5.74) is 0.880. The van der Waals surface area contributed by atoms with Crippen LogP contribution in [0.1, 0.15) is 18.9 Å². The van der Waals surface area contributed by atoms with Gasteiger partial charge in [0.15, 0.2) is 0 Å². The summed E-state index contributed by atoms with van der Waals surface area (Å²) in [5.74, 6) is 0.643. The lowest BCUT2D eigenvalue weighted by molar-refractivity contribution is 0.303. The molecule has 1 rings (SSSR count). The summed E-state index contributed by atoms with van der Waals surface area (Å²) in [6.45, 7) is 6.51. The summed E-state index contributed by atoms with van der Waals surface area (Å²) in [7, 11) is 0. The molecule has 3 heteroatoms. The first-order chi connectivity index (χ1) is 5.74. The van der Waals surface area contributed by atoms with Gasteiger partial charge in [-0.3, -0.25) is 0 Å². The molecular weight excluding hydrogens is 218 g/mol. The molecule has 0 fully saturated rings. The maximum atomic E-state index is 5.36. The first-order valence-electron chi connectivity index (χ1n) is 3.84. The largest absolute Gasteiger partial charge is 0.477 e. The van der Waals surface area contributed by atoms with Crippen LogP contribution in [0.15, 0.2) is 16.7 Å². The molecule has 0 N–H and O–H groups in total. The van der Waals surface area contributed by atoms with Crippen LogP contribution in [0.25, 0.3) is 0 Å². The molecular formula is C9H11BrNO. The Morgan fingerprint density at radius 3 is 3.00 bits per heavy atom. The highest BCUT2D eigenvalue weighted by molar-refractivity contribution is 9.10. The van der Waals surface area contributed by atoms with Gasteiger partial charge in [0, 0.05) is 6.20 Å². The number of pyridine rings is 1. The maximum absolute atomic E-state index is 5.36. The zero-order valence-corrected chi connectivity index (χ0v) is 8.60. The van der Waals surface area contributed by atoms with Gasteiger partial charge in [-0.05, 0) is 40.9 Å². The van der Waals surface area contributed by atoms with Crippen LogP contribution in [0.2, 0.25) is 0 Å². The minimum atomic E-state index is 0.643. The van der Waals surface area contributed by atoms with Crippen LogP contribution in [0, 0.1) is 6.92 Å². The SMILES string of the molecule is [CH2]c1cnc(OCCC)c(Br)c1. The minimum Gasteiger partial charge on any atom is -0.477 e. The van der Waals surface area contributed by atoms with Crippen LogP contribution >= 0.6 is 15.9 Å². The van der Waals surface area contributed by atoms with Crippen LogP contribution in [-0.2, 0) is 0 Å². The fourth-order valence-electron chi connectivity index (χ4n) is 0.770. The van der Waals surface area contributed by atoms with Gasteiger partial charge in [-0.25, -0.2) is 4.98 Å². The van der Waals surface area contributed by atoms with Crippen molar-refractivity contribution in [1.29, 1.82) is 0 Å². The number of rotatable bonds is 3. The second-order valence-corrected chi connectivity index (χ2v) is 3.33. The van der Waals surface area contributed by atoms with Gasteiger partial charge in [0.25, 0.3) is 0 Å². The molecule has 0 unspecified atom stereocenters. The predicted octanol–water partition coefficient (Wildman–Crippen LogP) is 2.82. The van der Waals surface area contributed by atoms with Gasteiger partial charge in [-0.15, -0.1) is 0 Å². The van der Waals surface area contributed by atoms with E-state index >= 15 is 0 Å². The smallest absolute Gasteiger partial charge is 0.227 e. The highest BCUT2D eigenvalue weighted by atomic mass is 79.9. The third-order valence-electron chi connectivity index (χ3n) is 1.31. The van der Waals surface area contributed by atoms with Gasteiger partial charge in [-0.1, -0.05) is 6.92 Å². The molecule has 12 heavy (non-hydrogen) atoms. The van der Waals surface area contributed by atoms with Crippen LogP contribution in [-0.4, -0.2) is 11.6 Å². The predicted molar refractivity (Wildman–Crippen MR) is 52.2 cm³/mol. The Hall–Kier alpha value is -0.570. The molecule has 1 aromatic rings. The lowest BCUT2D eigenvalue weighted by atomic mass is 10.3. The van der Waals surface area contributed by atoms with Crippen LogP contribution in [0.4, 0.5) is 0 Å². The van der Waals surface area contributed by atoms with Gasteiger partial charge in [0.05, 0.1) is 11.1 Å². The fourth-order valence-corrected chi connectivity index (χ4v) is 1.28. The van der Waals surface area contributed by atoms with Crippen molar-refractivity contribution in [2.24, 2.45) is 0 Å². The Morgan fingerprint density at radius 2 is 2.42 bits per heavy atom. The van der Waals surface area contributed by atoms with E-state index < -0.39 is 0 Å². The lowest BCUT2D eigenvalue weighted by Crippen LogP contribution is -1.98. The highest BCUT2D eigenvalue weighted by Crippen LogP contribution is 2.22. The molecule has 0 bridgehead atoms. The van der Waals surface area contributed by atoms with Crippen LogP contribution < -0.4 is 4.74 Å². The van der Waals surface area contributed by atoms with Crippen molar-refractivity contribution < 1.29 is 4.74 Å². The molecule has 0 saturated heterocycles. The van der Waals surface area contributed by atoms with Gasteiger partial charge < -0.3 is 4.74 Å². The van der Waals surface area contributed by atoms with E-state index in [4.69, 9.17) is 4.74 Å². The summed E-state index contributed by atoms with van der Waals surface area (Å²) in [6, 6.07) is 1.89. The van der Waals surface area contributed by atoms with E-state index in [1.165, 1.54) is 0 Å². The molecule has 0 aromatic carbocycles. The minimum absolute atomic E-state index is 0.643. The molecule has 1 radical (unpaired) electrons. The molecule has 0 aliphatic rings. The fraction of sp³-hybridized carbons (Fsp3) is 0.333. The Balaban J connectivity index is 2.72. The normalized spacial score (nSPS) is 9.92. The maximum Gasteiger partial charge on any atom is 0.227 e. The molecule has 2 nitrogen and oxygen atoms in total. The third-order valence-corrected chi connectivity index (χ3v) is 1.88. The first-order valence-corrected chi connectivity index (χ1v) is 4.63. The lowest BCUT2D eigenvalue weighted by Gasteiger charge is -2.05. The monoisotopic (exact) mass is 228 g/mol. The average molecular weight is 229 g/mol. The summed E-state index contributed by atoms with van der Waals surface area (Å²) >= 11 is 3.35. The standard InChI is InChI=1S/C9H11BrNO/c1-3-4-12-9-8(10)5-7(2)6-11-9/h5-6H,2-4H2,1H3. The van der Waals surface area contributed by atoms with Crippen molar-refractivity contribution >= 4 is 15.9 Å². The Kier molecular flexibility index (Phi) is 3.53. The molecule has 1 heterocycles. The van der Waals surface area contributed by atoms with Crippen LogP contribution in [0.3, 0.4) is 0 Å². The third kappa shape index (κ3) is 2.48. The van der Waals surface area contributed by atoms with Crippen molar-refractivity contribution in [3.63, 3.8) is 0 Å². The highest BCUT2D eigenvalue weighted by Gasteiger charge is 2.01. The second-order valence-electron chi connectivity index (χ2n) is 2.48. The number of halogens is 1. The van der Waals surface area contributed by atoms with E-state index in [0.29, 0.717) is 12.5 Å². The molecule has 0 saturated carbocycles. The van der Waals surface area contributed by atoms with E-state index in [1.54, 1.807) is 6.20 Å². The summed E-state index contributed by atoms with van der Waals surface area (Å²) in [6.07, 6.45) is 2.68. The van der Waals surface area contributed by atoms with E-state index in [9.17, 15) is 0 Å². The number of aromatic nitrogens is 1. The summed E-state index contributed by atoms with van der Waals surface area (Å²) < 4.78 is 6.22. The van der Waals surface area contributed by atoms with Gasteiger partial charge in [0.1, 0.15) is 0 Å². The second kappa shape index (κ2) is 4.45. The van der Waals surface area contributed by atoms with E-state index in [0.717, 1.165) is 16.5 Å². The van der Waals surface area contributed by atoms with Crippen molar-refractivity contribution in [2.45, 2.75) is 13.3 Å². The van der Waals surface area contributed by atoms with Crippen molar-refractivity contribution in [1.82, 2.24) is 4.98 Å².